The van der Waals surface area contributed by atoms with Crippen LogP contribution in [0.3, 0.4) is 0 Å². The lowest BCUT2D eigenvalue weighted by atomic mass is 10.0. The Balaban J connectivity index is 1.92. The van der Waals surface area contributed by atoms with E-state index in [2.05, 4.69) is 11.4 Å². The maximum atomic E-state index is 8.72. The number of hydrogen-bond acceptors (Lipinski definition) is 3. The van der Waals surface area contributed by atoms with E-state index in [4.69, 9.17) is 10.00 Å². The van der Waals surface area contributed by atoms with Crippen LogP contribution in [0.1, 0.15) is 19.3 Å². The molecule has 0 aromatic heterocycles. The first-order valence-electron chi connectivity index (χ1n) is 5.53. The van der Waals surface area contributed by atoms with Crippen LogP contribution in [0.15, 0.2) is 24.3 Å². The number of anilines is 1. The lowest BCUT2D eigenvalue weighted by molar-refractivity contribution is 0.415. The van der Waals surface area contributed by atoms with Gasteiger partial charge in [0.2, 0.25) is 0 Å². The van der Waals surface area contributed by atoms with Gasteiger partial charge in [0, 0.05) is 30.1 Å². The molecule has 1 aliphatic rings. The maximum absolute atomic E-state index is 8.72. The Hall–Kier alpha value is -1.69. The van der Waals surface area contributed by atoms with Crippen molar-refractivity contribution in [2.75, 3.05) is 19.0 Å². The number of ether oxygens (including phenoxy) is 1. The maximum Gasteiger partial charge on any atom is 0.120 e. The van der Waals surface area contributed by atoms with Gasteiger partial charge in [-0.15, -0.1) is 0 Å². The number of rotatable bonds is 5. The van der Waals surface area contributed by atoms with Gasteiger partial charge in [-0.1, -0.05) is 6.07 Å². The van der Waals surface area contributed by atoms with E-state index >= 15 is 0 Å². The van der Waals surface area contributed by atoms with Crippen molar-refractivity contribution in [2.45, 2.75) is 19.3 Å². The van der Waals surface area contributed by atoms with Gasteiger partial charge in [0.05, 0.1) is 13.2 Å². The van der Waals surface area contributed by atoms with Crippen LogP contribution < -0.4 is 10.1 Å². The van der Waals surface area contributed by atoms with Crippen LogP contribution in [-0.4, -0.2) is 13.7 Å². The van der Waals surface area contributed by atoms with Crippen molar-refractivity contribution in [3.05, 3.63) is 24.3 Å². The number of hydrogen-bond donors (Lipinski definition) is 1. The van der Waals surface area contributed by atoms with Gasteiger partial charge in [0.15, 0.2) is 0 Å². The Morgan fingerprint density at radius 2 is 2.31 bits per heavy atom. The number of methoxy groups -OCH3 is 1. The predicted octanol–water partition coefficient (Wildman–Crippen LogP) is 2.80. The Morgan fingerprint density at radius 1 is 1.50 bits per heavy atom. The molecule has 2 rings (SSSR count). The number of nitrogens with one attached hydrogen (secondary N) is 1. The van der Waals surface area contributed by atoms with E-state index in [1.165, 1.54) is 0 Å². The second kappa shape index (κ2) is 4.44. The zero-order valence-electron chi connectivity index (χ0n) is 9.49. The fourth-order valence-corrected chi connectivity index (χ4v) is 1.78. The molecule has 1 aromatic rings. The van der Waals surface area contributed by atoms with E-state index in [-0.39, 0.29) is 5.41 Å². The molecule has 3 nitrogen and oxygen atoms in total. The molecule has 0 spiro atoms. The van der Waals surface area contributed by atoms with E-state index in [1.807, 2.05) is 24.3 Å². The molecule has 1 saturated carbocycles. The van der Waals surface area contributed by atoms with Crippen molar-refractivity contribution >= 4 is 5.69 Å². The third-order valence-corrected chi connectivity index (χ3v) is 3.15. The van der Waals surface area contributed by atoms with Gasteiger partial charge in [-0.25, -0.2) is 0 Å². The Labute approximate surface area is 96.0 Å². The first-order chi connectivity index (χ1) is 7.78. The van der Waals surface area contributed by atoms with Gasteiger partial charge in [0.1, 0.15) is 5.75 Å². The van der Waals surface area contributed by atoms with Gasteiger partial charge in [-0.2, -0.15) is 5.26 Å². The summed E-state index contributed by atoms with van der Waals surface area (Å²) >= 11 is 0. The summed E-state index contributed by atoms with van der Waals surface area (Å²) in [4.78, 5) is 0. The van der Waals surface area contributed by atoms with Crippen molar-refractivity contribution in [3.63, 3.8) is 0 Å². The van der Waals surface area contributed by atoms with Crippen molar-refractivity contribution < 1.29 is 4.74 Å². The Kier molecular flexibility index (Phi) is 3.00. The minimum absolute atomic E-state index is 0.234. The minimum atomic E-state index is 0.234. The average molecular weight is 216 g/mol. The van der Waals surface area contributed by atoms with Crippen molar-refractivity contribution in [1.29, 1.82) is 5.26 Å². The lowest BCUT2D eigenvalue weighted by Crippen LogP contribution is -2.14. The average Bonchev–Trinajstić information content (AvgIpc) is 3.08. The summed E-state index contributed by atoms with van der Waals surface area (Å²) in [7, 11) is 1.66. The SMILES string of the molecule is COc1cccc(NCC2(CC#N)CC2)c1. The van der Waals surface area contributed by atoms with Crippen LogP contribution in [0, 0.1) is 16.7 Å². The number of nitrogens with zero attached hydrogens (tertiary/aromatic N) is 1. The summed E-state index contributed by atoms with van der Waals surface area (Å²) in [6.45, 7) is 0.883. The standard InChI is InChI=1S/C13H16N2O/c1-16-12-4-2-3-11(9-12)15-10-13(5-6-13)7-8-14/h2-4,9,15H,5-7,10H2,1H3. The molecule has 1 fully saturated rings. The summed E-state index contributed by atoms with van der Waals surface area (Å²) < 4.78 is 5.16. The highest BCUT2D eigenvalue weighted by atomic mass is 16.5. The van der Waals surface area contributed by atoms with Crippen molar-refractivity contribution in [1.82, 2.24) is 0 Å². The van der Waals surface area contributed by atoms with Crippen molar-refractivity contribution in [3.8, 4) is 11.8 Å². The third-order valence-electron chi connectivity index (χ3n) is 3.15. The highest BCUT2D eigenvalue weighted by Gasteiger charge is 2.42. The molecule has 84 valence electrons. The molecule has 3 heteroatoms. The molecule has 1 aliphatic carbocycles. The van der Waals surface area contributed by atoms with Crippen LogP contribution in [0.5, 0.6) is 5.75 Å². The summed E-state index contributed by atoms with van der Waals surface area (Å²) in [6, 6.07) is 10.1. The molecular formula is C13H16N2O. The van der Waals surface area contributed by atoms with E-state index in [0.717, 1.165) is 30.8 Å². The molecule has 0 aliphatic heterocycles. The molecule has 16 heavy (non-hydrogen) atoms. The van der Waals surface area contributed by atoms with Crippen LogP contribution in [0.2, 0.25) is 0 Å². The van der Waals surface area contributed by atoms with E-state index in [9.17, 15) is 0 Å². The third kappa shape index (κ3) is 2.46. The number of benzene rings is 1. The van der Waals surface area contributed by atoms with Gasteiger partial charge in [-0.05, 0) is 25.0 Å². The van der Waals surface area contributed by atoms with E-state index in [0.29, 0.717) is 6.42 Å². The molecule has 0 heterocycles. The molecule has 1 N–H and O–H groups in total. The first-order valence-corrected chi connectivity index (χ1v) is 5.53. The van der Waals surface area contributed by atoms with Gasteiger partial charge >= 0.3 is 0 Å². The topological polar surface area (TPSA) is 45.0 Å². The first kappa shape index (κ1) is 10.8. The Bertz CT molecular complexity index is 405. The molecule has 0 bridgehead atoms. The fraction of sp³-hybridized carbons (Fsp3) is 0.462. The Morgan fingerprint density at radius 3 is 2.94 bits per heavy atom. The largest absolute Gasteiger partial charge is 0.497 e. The number of nitriles is 1. The summed E-state index contributed by atoms with van der Waals surface area (Å²) in [6.07, 6.45) is 2.99. The van der Waals surface area contributed by atoms with Crippen LogP contribution >= 0.6 is 0 Å². The molecule has 1 aromatic carbocycles. The molecule has 0 unspecified atom stereocenters. The summed E-state index contributed by atoms with van der Waals surface area (Å²) in [5.74, 6) is 0.857. The summed E-state index contributed by atoms with van der Waals surface area (Å²) in [5, 5.41) is 12.1. The monoisotopic (exact) mass is 216 g/mol. The fourth-order valence-electron chi connectivity index (χ4n) is 1.78. The van der Waals surface area contributed by atoms with Crippen LogP contribution in [0.4, 0.5) is 5.69 Å². The lowest BCUT2D eigenvalue weighted by Gasteiger charge is -2.13. The smallest absolute Gasteiger partial charge is 0.120 e. The summed E-state index contributed by atoms with van der Waals surface area (Å²) in [5.41, 5.74) is 1.29. The predicted molar refractivity (Wildman–Crippen MR) is 63.4 cm³/mol. The quantitative estimate of drug-likeness (QED) is 0.823. The zero-order valence-corrected chi connectivity index (χ0v) is 9.49. The van der Waals surface area contributed by atoms with Gasteiger partial charge in [-0.3, -0.25) is 0 Å². The van der Waals surface area contributed by atoms with E-state index < -0.39 is 0 Å². The van der Waals surface area contributed by atoms with Gasteiger partial charge < -0.3 is 10.1 Å². The van der Waals surface area contributed by atoms with Gasteiger partial charge in [0.25, 0.3) is 0 Å². The molecule has 0 radical (unpaired) electrons. The van der Waals surface area contributed by atoms with Crippen molar-refractivity contribution in [2.24, 2.45) is 5.41 Å². The minimum Gasteiger partial charge on any atom is -0.497 e. The highest BCUT2D eigenvalue weighted by Crippen LogP contribution is 2.48. The highest BCUT2D eigenvalue weighted by molar-refractivity contribution is 5.48. The molecular weight excluding hydrogens is 200 g/mol. The zero-order chi connectivity index (χ0) is 11.4. The van der Waals surface area contributed by atoms with Crippen LogP contribution in [-0.2, 0) is 0 Å². The molecule has 0 atom stereocenters. The second-order valence-electron chi connectivity index (χ2n) is 4.42. The van der Waals surface area contributed by atoms with E-state index in [1.54, 1.807) is 7.11 Å². The normalized spacial score (nSPS) is 16.2. The molecule has 0 saturated heterocycles. The van der Waals surface area contributed by atoms with Crippen LogP contribution in [0.25, 0.3) is 0 Å². The molecule has 0 amide bonds. The second-order valence-corrected chi connectivity index (χ2v) is 4.42.